The van der Waals surface area contributed by atoms with Gasteiger partial charge in [0.05, 0.1) is 34.1 Å². The number of pyridine rings is 1. The minimum absolute atomic E-state index is 0.666. The maximum absolute atomic E-state index is 9.71. The fourth-order valence-electron chi connectivity index (χ4n) is 8.08. The highest BCUT2D eigenvalue weighted by atomic mass is 15.1. The Kier molecular flexibility index (Phi) is 7.63. The lowest BCUT2D eigenvalue weighted by molar-refractivity contribution is 0.812. The highest BCUT2D eigenvalue weighted by molar-refractivity contribution is 6.09. The molecular weight excluding hydrogens is 657 g/mol. The van der Waals surface area contributed by atoms with Crippen LogP contribution in [-0.2, 0) is 13.1 Å². The van der Waals surface area contributed by atoms with Crippen LogP contribution in [0.4, 0.5) is 5.69 Å². The Labute approximate surface area is 314 Å². The maximum atomic E-state index is 9.71. The van der Waals surface area contributed by atoms with Gasteiger partial charge in [-0.2, -0.15) is 5.26 Å². The second-order valence-corrected chi connectivity index (χ2v) is 14.0. The molecule has 0 radical (unpaired) electrons. The van der Waals surface area contributed by atoms with Gasteiger partial charge >= 0.3 is 0 Å². The zero-order chi connectivity index (χ0) is 36.0. The van der Waals surface area contributed by atoms with Gasteiger partial charge in [-0.05, 0) is 100 Å². The molecule has 0 spiro atoms. The standard InChI is InChI=1S/C50H34N4/c51-31-34-20-25-50-46(26-34)44-18-10-11-19-49(44)54(50)42-23-24-43-40(27-42)33-53(41-16-8-3-9-17-41)32-38-22-21-37(28-45(38)43)39-29-47(35-12-4-1-5-13-35)52-48(30-39)36-14-6-2-7-15-36/h1-30H,32-33H2. The molecule has 0 atom stereocenters. The van der Waals surface area contributed by atoms with E-state index >= 15 is 0 Å². The fourth-order valence-corrected chi connectivity index (χ4v) is 8.08. The van der Waals surface area contributed by atoms with Gasteiger partial charge < -0.3 is 9.47 Å². The van der Waals surface area contributed by atoms with E-state index in [1.54, 1.807) is 0 Å². The van der Waals surface area contributed by atoms with Crippen LogP contribution in [0.25, 0.3) is 72.3 Å². The van der Waals surface area contributed by atoms with E-state index in [1.165, 1.54) is 27.9 Å². The van der Waals surface area contributed by atoms with Crippen molar-refractivity contribution >= 4 is 27.5 Å². The van der Waals surface area contributed by atoms with E-state index in [0.29, 0.717) is 5.56 Å². The fraction of sp³-hybridized carbons (Fsp3) is 0.0400. The molecule has 1 aliphatic rings. The molecule has 0 unspecified atom stereocenters. The van der Waals surface area contributed by atoms with Gasteiger partial charge in [-0.15, -0.1) is 0 Å². The van der Waals surface area contributed by atoms with E-state index in [0.717, 1.165) is 74.2 Å². The average molecular weight is 691 g/mol. The Balaban J connectivity index is 1.16. The summed E-state index contributed by atoms with van der Waals surface area (Å²) in [7, 11) is 0. The first-order valence-corrected chi connectivity index (χ1v) is 18.3. The van der Waals surface area contributed by atoms with Crippen LogP contribution in [0, 0.1) is 11.3 Å². The second kappa shape index (κ2) is 13.1. The van der Waals surface area contributed by atoms with Crippen molar-refractivity contribution in [1.82, 2.24) is 9.55 Å². The number of anilines is 1. The van der Waals surface area contributed by atoms with Crippen molar-refractivity contribution in [2.75, 3.05) is 4.90 Å². The number of nitrogens with zero attached hydrogens (tertiary/aromatic N) is 4. The number of fused-ring (bicyclic) bond motifs is 6. The summed E-state index contributed by atoms with van der Waals surface area (Å²) in [4.78, 5) is 7.62. The number of aromatic nitrogens is 2. The largest absolute Gasteiger partial charge is 0.363 e. The number of para-hydroxylation sites is 2. The third kappa shape index (κ3) is 5.51. The first-order chi connectivity index (χ1) is 26.7. The van der Waals surface area contributed by atoms with Crippen LogP contribution >= 0.6 is 0 Å². The number of nitriles is 1. The number of rotatable bonds is 5. The van der Waals surface area contributed by atoms with Gasteiger partial charge in [-0.1, -0.05) is 115 Å². The molecule has 4 heteroatoms. The summed E-state index contributed by atoms with van der Waals surface area (Å²) in [6, 6.07) is 66.8. The monoisotopic (exact) mass is 690 g/mol. The summed E-state index contributed by atoms with van der Waals surface area (Å²) in [5.41, 5.74) is 16.6. The van der Waals surface area contributed by atoms with E-state index < -0.39 is 0 Å². The summed E-state index contributed by atoms with van der Waals surface area (Å²) in [6.45, 7) is 1.55. The van der Waals surface area contributed by atoms with Crippen LogP contribution in [0.1, 0.15) is 16.7 Å². The number of benzene rings is 7. The lowest BCUT2D eigenvalue weighted by Gasteiger charge is -2.24. The lowest BCUT2D eigenvalue weighted by Crippen LogP contribution is -2.20. The quantitative estimate of drug-likeness (QED) is 0.181. The van der Waals surface area contributed by atoms with Crippen molar-refractivity contribution in [3.05, 3.63) is 199 Å². The van der Waals surface area contributed by atoms with Gasteiger partial charge in [-0.3, -0.25) is 0 Å². The van der Waals surface area contributed by atoms with Gasteiger partial charge in [0.25, 0.3) is 0 Å². The van der Waals surface area contributed by atoms with E-state index in [-0.39, 0.29) is 0 Å². The highest BCUT2D eigenvalue weighted by Crippen LogP contribution is 2.41. The predicted octanol–water partition coefficient (Wildman–Crippen LogP) is 12.2. The average Bonchev–Trinajstić information content (AvgIpc) is 3.48. The van der Waals surface area contributed by atoms with Crippen LogP contribution in [0.15, 0.2) is 182 Å². The zero-order valence-corrected chi connectivity index (χ0v) is 29.5. The SMILES string of the molecule is N#Cc1ccc2c(c1)c1ccccc1n2-c1ccc2c(c1)CN(c1ccccc1)Cc1ccc(-c3cc(-c4ccccc4)nc(-c4ccccc4)c3)cc1-2. The van der Waals surface area contributed by atoms with Crippen LogP contribution in [0.5, 0.6) is 0 Å². The van der Waals surface area contributed by atoms with E-state index in [1.807, 2.05) is 24.3 Å². The lowest BCUT2D eigenvalue weighted by atomic mass is 9.92. The molecule has 10 rings (SSSR count). The summed E-state index contributed by atoms with van der Waals surface area (Å²) < 4.78 is 2.34. The number of hydrogen-bond donors (Lipinski definition) is 0. The van der Waals surface area contributed by atoms with Crippen molar-refractivity contribution in [3.63, 3.8) is 0 Å². The molecule has 2 aromatic heterocycles. The molecule has 9 aromatic rings. The molecule has 7 aromatic carbocycles. The first-order valence-electron chi connectivity index (χ1n) is 18.3. The Hall–Kier alpha value is -7.22. The van der Waals surface area contributed by atoms with Gasteiger partial charge in [0.15, 0.2) is 0 Å². The van der Waals surface area contributed by atoms with Crippen molar-refractivity contribution < 1.29 is 0 Å². The maximum Gasteiger partial charge on any atom is 0.0991 e. The van der Waals surface area contributed by atoms with Crippen molar-refractivity contribution in [2.24, 2.45) is 0 Å². The van der Waals surface area contributed by atoms with E-state index in [4.69, 9.17) is 4.98 Å². The molecule has 0 saturated heterocycles. The van der Waals surface area contributed by atoms with Gasteiger partial charge in [0, 0.05) is 46.4 Å². The molecule has 0 bridgehead atoms. The van der Waals surface area contributed by atoms with Crippen molar-refractivity contribution in [3.8, 4) is 56.5 Å². The van der Waals surface area contributed by atoms with Crippen LogP contribution in [0.2, 0.25) is 0 Å². The topological polar surface area (TPSA) is 44.9 Å². The molecule has 0 aliphatic carbocycles. The number of hydrogen-bond acceptors (Lipinski definition) is 3. The van der Waals surface area contributed by atoms with E-state index in [2.05, 4.69) is 173 Å². The van der Waals surface area contributed by atoms with Crippen LogP contribution in [-0.4, -0.2) is 9.55 Å². The summed E-state index contributed by atoms with van der Waals surface area (Å²) in [6.07, 6.45) is 0. The van der Waals surface area contributed by atoms with Gasteiger partial charge in [0.2, 0.25) is 0 Å². The smallest absolute Gasteiger partial charge is 0.0991 e. The molecule has 0 fully saturated rings. The molecule has 1 aliphatic heterocycles. The Bertz CT molecular complexity index is 2830. The molecular formula is C50H34N4. The van der Waals surface area contributed by atoms with Crippen molar-refractivity contribution in [1.29, 1.82) is 5.26 Å². The third-order valence-corrected chi connectivity index (χ3v) is 10.7. The minimum atomic E-state index is 0.666. The molecule has 0 saturated carbocycles. The van der Waals surface area contributed by atoms with Crippen LogP contribution < -0.4 is 4.90 Å². The Morgan fingerprint density at radius 3 is 1.81 bits per heavy atom. The summed E-state index contributed by atoms with van der Waals surface area (Å²) >= 11 is 0. The van der Waals surface area contributed by atoms with E-state index in [9.17, 15) is 5.26 Å². The molecule has 0 amide bonds. The summed E-state index contributed by atoms with van der Waals surface area (Å²) in [5.74, 6) is 0. The van der Waals surface area contributed by atoms with Gasteiger partial charge in [0.1, 0.15) is 0 Å². The second-order valence-electron chi connectivity index (χ2n) is 14.0. The molecule has 254 valence electrons. The zero-order valence-electron chi connectivity index (χ0n) is 29.5. The highest BCUT2D eigenvalue weighted by Gasteiger charge is 2.23. The Morgan fingerprint density at radius 2 is 1.09 bits per heavy atom. The molecule has 0 N–H and O–H groups in total. The third-order valence-electron chi connectivity index (χ3n) is 10.7. The van der Waals surface area contributed by atoms with Crippen LogP contribution in [0.3, 0.4) is 0 Å². The molecule has 4 nitrogen and oxygen atoms in total. The normalized spacial score (nSPS) is 12.2. The Morgan fingerprint density at radius 1 is 0.444 bits per heavy atom. The first kappa shape index (κ1) is 31.5. The predicted molar refractivity (Wildman–Crippen MR) is 221 cm³/mol. The minimum Gasteiger partial charge on any atom is -0.363 e. The van der Waals surface area contributed by atoms with Crippen molar-refractivity contribution in [2.45, 2.75) is 13.1 Å². The van der Waals surface area contributed by atoms with Gasteiger partial charge in [-0.25, -0.2) is 4.98 Å². The summed E-state index contributed by atoms with van der Waals surface area (Å²) in [5, 5.41) is 11.9. The molecule has 3 heterocycles. The molecule has 54 heavy (non-hydrogen) atoms.